The second kappa shape index (κ2) is 30.5. The van der Waals surface area contributed by atoms with Crippen LogP contribution in [0.25, 0.3) is 21.6 Å². The second-order valence-electron chi connectivity index (χ2n) is 26.2. The van der Waals surface area contributed by atoms with Crippen LogP contribution in [0.1, 0.15) is 143 Å². The SMILES string of the molecule is Cc1ncsc1-c1ccc(C(CC(=O)NCCCCCCCCCCC(=O)N2CCN(Cc3cccc(-c4ccc(N5CCN(C)CC5)c(NC(=O)c5c[nH]c(=O)cc5C(F)(F)F)c4)c3)CC2)NC(=O)[C@@H]2C[C@@H](O)CN2C(=O)C(NC(=O)C2(F)CC2)C(C)(C)C)cc1. The number of H-pyrrole nitrogens is 1. The Balaban J connectivity index is 0.683. The van der Waals surface area contributed by atoms with Gasteiger partial charge in [-0.1, -0.05) is 108 Å². The van der Waals surface area contributed by atoms with Gasteiger partial charge in [-0.3, -0.25) is 38.5 Å². The molecule has 24 heteroatoms. The Hall–Kier alpha value is -7.54. The van der Waals surface area contributed by atoms with Gasteiger partial charge in [0.2, 0.25) is 29.2 Å². The number of alkyl halides is 4. The Kier molecular flexibility index (Phi) is 22.8. The van der Waals surface area contributed by atoms with Gasteiger partial charge in [0.15, 0.2) is 5.67 Å². The van der Waals surface area contributed by atoms with Crippen molar-refractivity contribution in [2.45, 2.75) is 154 Å². The van der Waals surface area contributed by atoms with Crippen molar-refractivity contribution in [3.8, 4) is 21.6 Å². The molecule has 0 spiro atoms. The van der Waals surface area contributed by atoms with Crippen LogP contribution in [0, 0.1) is 12.3 Å². The van der Waals surface area contributed by atoms with Crippen LogP contribution >= 0.6 is 11.3 Å². The average molecular weight is 1290 g/mol. The fourth-order valence-electron chi connectivity index (χ4n) is 12.3. The van der Waals surface area contributed by atoms with E-state index in [0.717, 1.165) is 103 Å². The number of piperazine rings is 2. The summed E-state index contributed by atoms with van der Waals surface area (Å²) in [7, 11) is 2.01. The van der Waals surface area contributed by atoms with Crippen LogP contribution in [-0.4, -0.2) is 166 Å². The summed E-state index contributed by atoms with van der Waals surface area (Å²) < 4.78 is 56.7. The third-order valence-electron chi connectivity index (χ3n) is 18.0. The predicted octanol–water partition coefficient (Wildman–Crippen LogP) is 9.01. The molecule has 2 aromatic heterocycles. The first-order valence-corrected chi connectivity index (χ1v) is 33.1. The van der Waals surface area contributed by atoms with Gasteiger partial charge in [0, 0.05) is 97.1 Å². The Morgan fingerprint density at radius 3 is 2.12 bits per heavy atom. The molecule has 3 saturated heterocycles. The zero-order chi connectivity index (χ0) is 65.9. The number of anilines is 2. The van der Waals surface area contributed by atoms with Crippen molar-refractivity contribution >= 4 is 58.2 Å². The second-order valence-corrected chi connectivity index (χ2v) is 27.0. The Bertz CT molecular complexity index is 3460. The minimum absolute atomic E-state index is 0.0525. The van der Waals surface area contributed by atoms with Crippen LogP contribution in [0.15, 0.2) is 89.3 Å². The summed E-state index contributed by atoms with van der Waals surface area (Å²) in [5.41, 5.74) is 2.16. The lowest BCUT2D eigenvalue weighted by molar-refractivity contribution is -0.145. The quantitative estimate of drug-likeness (QED) is 0.0225. The van der Waals surface area contributed by atoms with E-state index in [1.807, 2.05) is 73.5 Å². The van der Waals surface area contributed by atoms with Crippen LogP contribution in [0.4, 0.5) is 28.9 Å². The highest BCUT2D eigenvalue weighted by atomic mass is 32.1. The highest BCUT2D eigenvalue weighted by Gasteiger charge is 2.53. The van der Waals surface area contributed by atoms with Gasteiger partial charge in [-0.25, -0.2) is 9.37 Å². The first-order chi connectivity index (χ1) is 43.8. The van der Waals surface area contributed by atoms with Gasteiger partial charge in [-0.05, 0) is 91.1 Å². The molecule has 3 aromatic carbocycles. The van der Waals surface area contributed by atoms with Crippen molar-refractivity contribution in [3.63, 3.8) is 0 Å². The average Bonchev–Trinajstić information content (AvgIpc) is 1.47. The number of pyridine rings is 1. The number of nitrogens with one attached hydrogen (secondary N) is 5. The Labute approximate surface area is 539 Å². The molecule has 6 amide bonds. The van der Waals surface area contributed by atoms with Crippen LogP contribution in [-0.2, 0) is 36.7 Å². The number of aryl methyl sites for hydroxylation is 1. The number of thiazole rings is 1. The number of aliphatic hydroxyl groups excluding tert-OH is 1. The molecule has 5 heterocycles. The fraction of sp³-hybridized carbons (Fsp3) is 0.529. The number of hydrogen-bond acceptors (Lipinski definition) is 13. The number of aromatic amines is 1. The van der Waals surface area contributed by atoms with Crippen LogP contribution in [0.2, 0.25) is 0 Å². The van der Waals surface area contributed by atoms with Crippen LogP contribution in [0.3, 0.4) is 0 Å². The van der Waals surface area contributed by atoms with Gasteiger partial charge in [-0.2, -0.15) is 13.2 Å². The molecule has 4 fully saturated rings. The Morgan fingerprint density at radius 1 is 0.804 bits per heavy atom. The largest absolute Gasteiger partial charge is 0.417 e. The van der Waals surface area contributed by atoms with E-state index in [0.29, 0.717) is 81.8 Å². The van der Waals surface area contributed by atoms with Gasteiger partial charge in [0.1, 0.15) is 12.1 Å². The van der Waals surface area contributed by atoms with E-state index in [1.54, 1.807) is 32.3 Å². The summed E-state index contributed by atoms with van der Waals surface area (Å²) in [5.74, 6) is -3.11. The van der Waals surface area contributed by atoms with Crippen molar-refractivity contribution in [1.29, 1.82) is 0 Å². The maximum atomic E-state index is 14.8. The standard InChI is InChI=1S/C68H87F4N11O8S/c1-44-60(92-43-75-44)47-20-18-46(19-21-47)53(76-63(89)56-37-50(84)42-83(56)64(90)61(66(2,3)4)78-65(91)67(69)24-25-67)39-58(86)73-26-13-11-9-7-6-8-10-12-17-59(87)82-33-29-80(30-34-82)41-45-15-14-16-48(35-45)49-22-23-55(81-31-27-79(5)28-32-81)54(36-49)77-62(88)51-40-74-57(85)38-52(51)68(70,71)72/h14-16,18-23,35-36,38,40,43,50,53,56,61,84H,6-13,17,24-34,37,39,41-42H2,1-5H3,(H,73,86)(H,74,85)(H,76,89)(H,77,88)(H,78,91)/t50-,53?,56+,61?/m1/s1. The van der Waals surface area contributed by atoms with E-state index in [2.05, 4.69) is 52.0 Å². The maximum absolute atomic E-state index is 14.8. The number of hydrogen-bond donors (Lipinski definition) is 6. The zero-order valence-electron chi connectivity index (χ0n) is 53.3. The normalized spacial score (nSPS) is 18.5. The number of aliphatic hydroxyl groups is 1. The fourth-order valence-corrected chi connectivity index (χ4v) is 13.1. The number of aromatic nitrogens is 2. The maximum Gasteiger partial charge on any atom is 0.417 e. The molecule has 1 saturated carbocycles. The molecule has 1 aliphatic carbocycles. The molecule has 4 atom stereocenters. The lowest BCUT2D eigenvalue weighted by Crippen LogP contribution is -2.59. The van der Waals surface area contributed by atoms with Crippen molar-refractivity contribution in [1.82, 2.24) is 45.5 Å². The summed E-state index contributed by atoms with van der Waals surface area (Å²) in [4.78, 5) is 111. The molecule has 3 aliphatic heterocycles. The lowest BCUT2D eigenvalue weighted by Gasteiger charge is -2.36. The van der Waals surface area contributed by atoms with Gasteiger partial charge in [0.05, 0.1) is 57.1 Å². The monoisotopic (exact) mass is 1290 g/mol. The van der Waals surface area contributed by atoms with E-state index in [-0.39, 0.29) is 44.0 Å². The van der Waals surface area contributed by atoms with Crippen LogP contribution in [0.5, 0.6) is 0 Å². The number of carbonyl (C=O) groups is 6. The number of benzene rings is 3. The molecular formula is C68H87F4N11O8S. The van der Waals surface area contributed by atoms with Crippen LogP contribution < -0.4 is 31.7 Å². The molecule has 0 bridgehead atoms. The van der Waals surface area contributed by atoms with E-state index >= 15 is 0 Å². The van der Waals surface area contributed by atoms with Crippen molar-refractivity contribution in [2.75, 3.05) is 82.7 Å². The molecular weight excluding hydrogens is 1210 g/mol. The van der Waals surface area contributed by atoms with Crippen molar-refractivity contribution < 1.29 is 51.4 Å². The molecule has 2 unspecified atom stereocenters. The zero-order valence-corrected chi connectivity index (χ0v) is 54.1. The van der Waals surface area contributed by atoms with Gasteiger partial charge < -0.3 is 51.0 Å². The third kappa shape index (κ3) is 18.2. The Morgan fingerprint density at radius 2 is 1.47 bits per heavy atom. The number of unbranched alkanes of at least 4 members (excludes halogenated alkanes) is 7. The van der Waals surface area contributed by atoms with E-state index in [9.17, 15) is 56.2 Å². The number of rotatable bonds is 26. The predicted molar refractivity (Wildman–Crippen MR) is 346 cm³/mol. The van der Waals surface area contributed by atoms with Crippen molar-refractivity contribution in [3.05, 3.63) is 123 Å². The first kappa shape index (κ1) is 68.8. The molecule has 496 valence electrons. The summed E-state index contributed by atoms with van der Waals surface area (Å²) in [6, 6.07) is 18.5. The highest BCUT2D eigenvalue weighted by Crippen LogP contribution is 2.41. The highest BCUT2D eigenvalue weighted by molar-refractivity contribution is 7.13. The first-order valence-electron chi connectivity index (χ1n) is 32.2. The third-order valence-corrected chi connectivity index (χ3v) is 18.9. The summed E-state index contributed by atoms with van der Waals surface area (Å²) >= 11 is 1.51. The molecule has 4 aliphatic rings. The summed E-state index contributed by atoms with van der Waals surface area (Å²) in [5, 5.41) is 22.2. The number of β-amino-alcohol motifs (C(OH)–C–C–N with tert-alkyl or cyclic N) is 1. The lowest BCUT2D eigenvalue weighted by atomic mass is 9.85. The molecule has 5 aromatic rings. The van der Waals surface area contributed by atoms with Gasteiger partial charge in [0.25, 0.3) is 11.8 Å². The molecule has 19 nitrogen and oxygen atoms in total. The molecule has 92 heavy (non-hydrogen) atoms. The number of amides is 6. The van der Waals surface area contributed by atoms with Gasteiger partial charge >= 0.3 is 6.18 Å². The van der Waals surface area contributed by atoms with Gasteiger partial charge in [-0.15, -0.1) is 11.3 Å². The minimum Gasteiger partial charge on any atom is -0.391 e. The number of likely N-dealkylation sites (tertiary alicyclic amines) is 1. The summed E-state index contributed by atoms with van der Waals surface area (Å²) in [6.45, 7) is 13.6. The topological polar surface area (TPSA) is 233 Å². The molecule has 9 rings (SSSR count). The minimum atomic E-state index is -4.92. The number of carbonyl (C=O) groups excluding carboxylic acids is 6. The van der Waals surface area contributed by atoms with Crippen molar-refractivity contribution in [2.24, 2.45) is 5.41 Å². The number of nitrogens with zero attached hydrogens (tertiary/aromatic N) is 6. The summed E-state index contributed by atoms with van der Waals surface area (Å²) in [6.07, 6.45) is 2.92. The molecule has 0 radical (unpaired) electrons. The number of likely N-dealkylation sites (N-methyl/N-ethyl adjacent to an activating group) is 1. The van der Waals surface area contributed by atoms with E-state index in [1.165, 1.54) is 16.2 Å². The number of halogens is 4. The van der Waals surface area contributed by atoms with E-state index < -0.39 is 81.8 Å². The van der Waals surface area contributed by atoms with E-state index in [4.69, 9.17) is 0 Å². The smallest absolute Gasteiger partial charge is 0.391 e. The molecule has 6 N–H and O–H groups in total.